The third-order valence-corrected chi connectivity index (χ3v) is 4.37. The second-order valence-corrected chi connectivity index (χ2v) is 5.70. The second-order valence-electron chi connectivity index (χ2n) is 4.85. The standard InChI is InChI=1S/C14H20BrNO2/c1-18-12-5-6-13(15)11(7-12)9-16-8-10-3-2-4-14(10)17/h5-7,10,14,16-17H,2-4,8-9H2,1H3. The van der Waals surface area contributed by atoms with E-state index in [-0.39, 0.29) is 6.10 Å². The Bertz CT molecular complexity index is 397. The zero-order chi connectivity index (χ0) is 13.0. The van der Waals surface area contributed by atoms with Gasteiger partial charge in [0.15, 0.2) is 0 Å². The van der Waals surface area contributed by atoms with E-state index < -0.39 is 0 Å². The van der Waals surface area contributed by atoms with Crippen LogP contribution in [0.3, 0.4) is 0 Å². The summed E-state index contributed by atoms with van der Waals surface area (Å²) in [5, 5.41) is 13.2. The molecule has 0 heterocycles. The number of aliphatic hydroxyl groups excluding tert-OH is 1. The van der Waals surface area contributed by atoms with E-state index in [1.807, 2.05) is 18.2 Å². The molecule has 2 N–H and O–H groups in total. The van der Waals surface area contributed by atoms with Crippen LogP contribution in [0.25, 0.3) is 0 Å². The summed E-state index contributed by atoms with van der Waals surface area (Å²) >= 11 is 3.54. The van der Waals surface area contributed by atoms with Crippen LogP contribution >= 0.6 is 15.9 Å². The van der Waals surface area contributed by atoms with E-state index in [0.717, 1.165) is 42.6 Å². The maximum absolute atomic E-state index is 9.75. The molecule has 18 heavy (non-hydrogen) atoms. The molecule has 4 heteroatoms. The minimum atomic E-state index is -0.119. The monoisotopic (exact) mass is 313 g/mol. The van der Waals surface area contributed by atoms with Gasteiger partial charge in [0.25, 0.3) is 0 Å². The Kier molecular flexibility index (Phi) is 5.03. The van der Waals surface area contributed by atoms with Crippen molar-refractivity contribution in [3.8, 4) is 5.75 Å². The largest absolute Gasteiger partial charge is 0.497 e. The van der Waals surface area contributed by atoms with Gasteiger partial charge in [-0.05, 0) is 42.5 Å². The number of benzene rings is 1. The summed E-state index contributed by atoms with van der Waals surface area (Å²) in [4.78, 5) is 0. The van der Waals surface area contributed by atoms with Crippen molar-refractivity contribution in [2.24, 2.45) is 5.92 Å². The Hall–Kier alpha value is -0.580. The first-order valence-corrected chi connectivity index (χ1v) is 7.21. The van der Waals surface area contributed by atoms with Gasteiger partial charge in [-0.1, -0.05) is 22.4 Å². The second kappa shape index (κ2) is 6.55. The summed E-state index contributed by atoms with van der Waals surface area (Å²) in [5.41, 5.74) is 1.18. The topological polar surface area (TPSA) is 41.5 Å². The molecular formula is C14H20BrNO2. The van der Waals surface area contributed by atoms with E-state index in [1.165, 1.54) is 5.56 Å². The summed E-state index contributed by atoms with van der Waals surface area (Å²) in [5.74, 6) is 1.28. The zero-order valence-electron chi connectivity index (χ0n) is 10.7. The van der Waals surface area contributed by atoms with Gasteiger partial charge in [0, 0.05) is 17.6 Å². The van der Waals surface area contributed by atoms with Crippen LogP contribution in [0.1, 0.15) is 24.8 Å². The highest BCUT2D eigenvalue weighted by atomic mass is 79.9. The molecule has 1 fully saturated rings. The lowest BCUT2D eigenvalue weighted by Crippen LogP contribution is -2.27. The van der Waals surface area contributed by atoms with E-state index in [2.05, 4.69) is 21.2 Å². The molecule has 2 unspecified atom stereocenters. The fourth-order valence-electron chi connectivity index (χ4n) is 2.46. The molecule has 1 aromatic carbocycles. The first-order chi connectivity index (χ1) is 8.70. The van der Waals surface area contributed by atoms with Crippen molar-refractivity contribution >= 4 is 15.9 Å². The zero-order valence-corrected chi connectivity index (χ0v) is 12.2. The van der Waals surface area contributed by atoms with Crippen molar-refractivity contribution in [3.05, 3.63) is 28.2 Å². The molecule has 0 aromatic heterocycles. The molecule has 1 saturated carbocycles. The number of hydrogen-bond acceptors (Lipinski definition) is 3. The molecule has 2 rings (SSSR count). The number of ether oxygens (including phenoxy) is 1. The van der Waals surface area contributed by atoms with E-state index in [0.29, 0.717) is 5.92 Å². The average Bonchev–Trinajstić information content (AvgIpc) is 2.77. The van der Waals surface area contributed by atoms with Crippen molar-refractivity contribution < 1.29 is 9.84 Å². The van der Waals surface area contributed by atoms with Gasteiger partial charge in [-0.25, -0.2) is 0 Å². The number of rotatable bonds is 5. The Morgan fingerprint density at radius 3 is 2.94 bits per heavy atom. The lowest BCUT2D eigenvalue weighted by atomic mass is 10.1. The molecule has 1 aromatic rings. The highest BCUT2D eigenvalue weighted by Gasteiger charge is 2.24. The van der Waals surface area contributed by atoms with Crippen LogP contribution in [0.15, 0.2) is 22.7 Å². The molecule has 0 amide bonds. The molecule has 0 spiro atoms. The third kappa shape index (κ3) is 3.46. The molecular weight excluding hydrogens is 294 g/mol. The van der Waals surface area contributed by atoms with Gasteiger partial charge in [0.2, 0.25) is 0 Å². The molecule has 0 saturated heterocycles. The fraction of sp³-hybridized carbons (Fsp3) is 0.571. The number of halogens is 1. The van der Waals surface area contributed by atoms with E-state index >= 15 is 0 Å². The minimum absolute atomic E-state index is 0.119. The SMILES string of the molecule is COc1ccc(Br)c(CNCC2CCCC2O)c1. The highest BCUT2D eigenvalue weighted by Crippen LogP contribution is 2.25. The normalized spacial score (nSPS) is 23.3. The quantitative estimate of drug-likeness (QED) is 0.878. The number of hydrogen-bond donors (Lipinski definition) is 2. The maximum Gasteiger partial charge on any atom is 0.119 e. The van der Waals surface area contributed by atoms with E-state index in [4.69, 9.17) is 4.74 Å². The van der Waals surface area contributed by atoms with Crippen molar-refractivity contribution in [1.82, 2.24) is 5.32 Å². The van der Waals surface area contributed by atoms with Crippen molar-refractivity contribution in [1.29, 1.82) is 0 Å². The lowest BCUT2D eigenvalue weighted by molar-refractivity contribution is 0.131. The maximum atomic E-state index is 9.75. The van der Waals surface area contributed by atoms with Crippen LogP contribution < -0.4 is 10.1 Å². The highest BCUT2D eigenvalue weighted by molar-refractivity contribution is 9.10. The smallest absolute Gasteiger partial charge is 0.119 e. The Balaban J connectivity index is 1.86. The van der Waals surface area contributed by atoms with Gasteiger partial charge in [-0.15, -0.1) is 0 Å². The van der Waals surface area contributed by atoms with Crippen molar-refractivity contribution in [2.45, 2.75) is 31.9 Å². The number of nitrogens with one attached hydrogen (secondary N) is 1. The van der Waals surface area contributed by atoms with Crippen LogP contribution in [0.2, 0.25) is 0 Å². The minimum Gasteiger partial charge on any atom is -0.497 e. The number of aliphatic hydroxyl groups is 1. The van der Waals surface area contributed by atoms with Gasteiger partial charge in [-0.3, -0.25) is 0 Å². The van der Waals surface area contributed by atoms with Crippen LogP contribution in [-0.2, 0) is 6.54 Å². The molecule has 2 atom stereocenters. The predicted molar refractivity (Wildman–Crippen MR) is 75.7 cm³/mol. The van der Waals surface area contributed by atoms with Gasteiger partial charge in [0.05, 0.1) is 13.2 Å². The van der Waals surface area contributed by atoms with Crippen molar-refractivity contribution in [3.63, 3.8) is 0 Å². The van der Waals surface area contributed by atoms with Gasteiger partial charge >= 0.3 is 0 Å². The van der Waals surface area contributed by atoms with Gasteiger partial charge in [-0.2, -0.15) is 0 Å². The molecule has 0 radical (unpaired) electrons. The summed E-state index contributed by atoms with van der Waals surface area (Å²) in [7, 11) is 1.68. The molecule has 1 aliphatic rings. The van der Waals surface area contributed by atoms with Crippen molar-refractivity contribution in [2.75, 3.05) is 13.7 Å². The molecule has 3 nitrogen and oxygen atoms in total. The summed E-state index contributed by atoms with van der Waals surface area (Å²) < 4.78 is 6.30. The Morgan fingerprint density at radius 1 is 1.44 bits per heavy atom. The predicted octanol–water partition coefficient (Wildman–Crippen LogP) is 2.71. The third-order valence-electron chi connectivity index (χ3n) is 3.59. The Labute approximate surface area is 117 Å². The lowest BCUT2D eigenvalue weighted by Gasteiger charge is -2.15. The van der Waals surface area contributed by atoms with Crippen LogP contribution in [0.5, 0.6) is 5.75 Å². The molecule has 100 valence electrons. The fourth-order valence-corrected chi connectivity index (χ4v) is 2.85. The van der Waals surface area contributed by atoms with Gasteiger partial charge < -0.3 is 15.2 Å². The molecule has 0 bridgehead atoms. The van der Waals surface area contributed by atoms with E-state index in [9.17, 15) is 5.11 Å². The average molecular weight is 314 g/mol. The summed E-state index contributed by atoms with van der Waals surface area (Å²) in [6.45, 7) is 1.67. The van der Waals surface area contributed by atoms with E-state index in [1.54, 1.807) is 7.11 Å². The van der Waals surface area contributed by atoms with Gasteiger partial charge in [0.1, 0.15) is 5.75 Å². The number of methoxy groups -OCH3 is 1. The first-order valence-electron chi connectivity index (χ1n) is 6.42. The molecule has 0 aliphatic heterocycles. The van der Waals surface area contributed by atoms with Crippen LogP contribution in [-0.4, -0.2) is 24.9 Å². The van der Waals surface area contributed by atoms with Crippen LogP contribution in [0.4, 0.5) is 0 Å². The first kappa shape index (κ1) is 13.8. The van der Waals surface area contributed by atoms with Crippen LogP contribution in [0, 0.1) is 5.92 Å². The Morgan fingerprint density at radius 2 is 2.28 bits per heavy atom. The summed E-state index contributed by atoms with van der Waals surface area (Å²) in [6.07, 6.45) is 3.12. The molecule has 1 aliphatic carbocycles. The summed E-state index contributed by atoms with van der Waals surface area (Å²) in [6, 6.07) is 5.97.